The van der Waals surface area contributed by atoms with E-state index >= 15 is 0 Å². The first-order chi connectivity index (χ1) is 10.5. The van der Waals surface area contributed by atoms with Crippen molar-refractivity contribution in [1.82, 2.24) is 10.2 Å². The van der Waals surface area contributed by atoms with Crippen molar-refractivity contribution >= 4 is 17.5 Å². The number of nitrogens with one attached hydrogen (secondary N) is 1. The predicted octanol–water partition coefficient (Wildman–Crippen LogP) is 3.51. The van der Waals surface area contributed by atoms with Gasteiger partial charge in [0.1, 0.15) is 0 Å². The van der Waals surface area contributed by atoms with Gasteiger partial charge in [0.2, 0.25) is 5.91 Å². The molecule has 0 saturated carbocycles. The van der Waals surface area contributed by atoms with Crippen LogP contribution in [0.15, 0.2) is 24.3 Å². The van der Waals surface area contributed by atoms with E-state index in [0.717, 1.165) is 42.6 Å². The molecule has 1 unspecified atom stereocenters. The molecule has 1 aliphatic heterocycles. The lowest BCUT2D eigenvalue weighted by Gasteiger charge is -2.35. The fourth-order valence-corrected chi connectivity index (χ4v) is 3.11. The van der Waals surface area contributed by atoms with Crippen molar-refractivity contribution in [3.8, 4) is 0 Å². The molecule has 22 heavy (non-hydrogen) atoms. The van der Waals surface area contributed by atoms with E-state index in [1.807, 2.05) is 24.3 Å². The summed E-state index contributed by atoms with van der Waals surface area (Å²) in [6, 6.07) is 8.13. The normalized spacial score (nSPS) is 18.1. The fourth-order valence-electron chi connectivity index (χ4n) is 2.90. The largest absolute Gasteiger partial charge is 0.355 e. The first-order valence-electron chi connectivity index (χ1n) is 8.30. The van der Waals surface area contributed by atoms with Crippen molar-refractivity contribution < 1.29 is 4.79 Å². The van der Waals surface area contributed by atoms with Crippen molar-refractivity contribution in [2.24, 2.45) is 5.92 Å². The van der Waals surface area contributed by atoms with E-state index in [4.69, 9.17) is 11.6 Å². The van der Waals surface area contributed by atoms with Gasteiger partial charge in [-0.2, -0.15) is 0 Å². The molecule has 1 fully saturated rings. The van der Waals surface area contributed by atoms with Gasteiger partial charge in [0.05, 0.1) is 0 Å². The van der Waals surface area contributed by atoms with Gasteiger partial charge in [0.15, 0.2) is 0 Å². The maximum atomic E-state index is 12.0. The number of likely N-dealkylation sites (tertiary alicyclic amines) is 1. The molecule has 1 aromatic rings. The van der Waals surface area contributed by atoms with Gasteiger partial charge in [-0.05, 0) is 62.9 Å². The van der Waals surface area contributed by atoms with Crippen molar-refractivity contribution in [2.45, 2.75) is 45.6 Å². The summed E-state index contributed by atoms with van der Waals surface area (Å²) in [6.45, 7) is 7.57. The van der Waals surface area contributed by atoms with E-state index in [0.29, 0.717) is 12.5 Å². The Labute approximate surface area is 139 Å². The van der Waals surface area contributed by atoms with Gasteiger partial charge in [0.25, 0.3) is 0 Å². The van der Waals surface area contributed by atoms with Gasteiger partial charge in [-0.1, -0.05) is 30.7 Å². The van der Waals surface area contributed by atoms with Crippen LogP contribution in [0.3, 0.4) is 0 Å². The smallest absolute Gasteiger partial charge is 0.220 e. The second-order valence-corrected chi connectivity index (χ2v) is 6.94. The van der Waals surface area contributed by atoms with Crippen LogP contribution in [-0.2, 0) is 11.2 Å². The molecule has 1 aromatic carbocycles. The molecule has 3 nitrogen and oxygen atoms in total. The number of halogens is 1. The quantitative estimate of drug-likeness (QED) is 0.869. The highest BCUT2D eigenvalue weighted by Crippen LogP contribution is 2.17. The lowest BCUT2D eigenvalue weighted by Crippen LogP contribution is -2.45. The highest BCUT2D eigenvalue weighted by molar-refractivity contribution is 6.30. The monoisotopic (exact) mass is 322 g/mol. The van der Waals surface area contributed by atoms with E-state index in [2.05, 4.69) is 24.1 Å². The molecule has 122 valence electrons. The number of carbonyl (C=O) groups excluding carboxylic acids is 1. The van der Waals surface area contributed by atoms with Crippen LogP contribution < -0.4 is 5.32 Å². The molecule has 1 heterocycles. The molecule has 0 spiro atoms. The van der Waals surface area contributed by atoms with Crippen LogP contribution in [0.5, 0.6) is 0 Å². The number of benzene rings is 1. The molecule has 1 aliphatic rings. The minimum atomic E-state index is 0.122. The van der Waals surface area contributed by atoms with Crippen LogP contribution in [0.2, 0.25) is 5.02 Å². The Morgan fingerprint density at radius 1 is 1.41 bits per heavy atom. The Bertz CT molecular complexity index is 484. The Hall–Kier alpha value is -1.06. The molecule has 0 radical (unpaired) electrons. The number of piperidine rings is 1. The summed E-state index contributed by atoms with van der Waals surface area (Å²) in [5, 5.41) is 3.79. The number of amides is 1. The lowest BCUT2D eigenvalue weighted by atomic mass is 9.98. The molecule has 1 saturated heterocycles. The second kappa shape index (κ2) is 8.54. The number of aryl methyl sites for hydroxylation is 1. The van der Waals surface area contributed by atoms with E-state index in [1.54, 1.807) is 0 Å². The number of carbonyl (C=O) groups is 1. The Morgan fingerprint density at radius 2 is 2.14 bits per heavy atom. The highest BCUT2D eigenvalue weighted by Gasteiger charge is 2.20. The zero-order chi connectivity index (χ0) is 15.9. The number of rotatable bonds is 6. The summed E-state index contributed by atoms with van der Waals surface area (Å²) >= 11 is 5.95. The van der Waals surface area contributed by atoms with Crippen LogP contribution in [0.1, 0.15) is 38.7 Å². The van der Waals surface area contributed by atoms with Crippen LogP contribution in [0.25, 0.3) is 0 Å². The average molecular weight is 323 g/mol. The Kier molecular flexibility index (Phi) is 6.71. The number of nitrogens with zero attached hydrogens (tertiary/aromatic N) is 1. The zero-order valence-corrected chi connectivity index (χ0v) is 14.4. The molecular weight excluding hydrogens is 296 g/mol. The molecular formula is C18H27ClN2O. The standard InChI is InChI=1S/C18H27ClN2O/c1-14-8-10-21(11-9-14)15(2)13-20-18(22)7-6-16-4-3-5-17(19)12-16/h3-5,12,14-15H,6-11,13H2,1-2H3,(H,20,22). The first-order valence-corrected chi connectivity index (χ1v) is 8.67. The van der Waals surface area contributed by atoms with Gasteiger partial charge >= 0.3 is 0 Å². The summed E-state index contributed by atoms with van der Waals surface area (Å²) in [7, 11) is 0. The van der Waals surface area contributed by atoms with E-state index < -0.39 is 0 Å². The van der Waals surface area contributed by atoms with Crippen LogP contribution in [0.4, 0.5) is 0 Å². The minimum Gasteiger partial charge on any atom is -0.355 e. The molecule has 1 atom stereocenters. The first kappa shape index (κ1) is 17.3. The molecule has 0 aliphatic carbocycles. The maximum Gasteiger partial charge on any atom is 0.220 e. The Balaban J connectivity index is 1.67. The third-order valence-corrected chi connectivity index (χ3v) is 4.80. The number of hydrogen-bond donors (Lipinski definition) is 1. The topological polar surface area (TPSA) is 32.3 Å². The van der Waals surface area contributed by atoms with Crippen molar-refractivity contribution in [2.75, 3.05) is 19.6 Å². The van der Waals surface area contributed by atoms with Crippen molar-refractivity contribution in [3.05, 3.63) is 34.9 Å². The van der Waals surface area contributed by atoms with Gasteiger partial charge in [-0.25, -0.2) is 0 Å². The second-order valence-electron chi connectivity index (χ2n) is 6.50. The predicted molar refractivity (Wildman–Crippen MR) is 92.2 cm³/mol. The average Bonchev–Trinajstić information content (AvgIpc) is 2.51. The summed E-state index contributed by atoms with van der Waals surface area (Å²) in [4.78, 5) is 14.5. The van der Waals surface area contributed by atoms with E-state index in [9.17, 15) is 4.79 Å². The molecule has 2 rings (SSSR count). The Morgan fingerprint density at radius 3 is 2.82 bits per heavy atom. The molecule has 0 bridgehead atoms. The summed E-state index contributed by atoms with van der Waals surface area (Å²) < 4.78 is 0. The maximum absolute atomic E-state index is 12.0. The molecule has 4 heteroatoms. The van der Waals surface area contributed by atoms with Crippen LogP contribution in [-0.4, -0.2) is 36.5 Å². The van der Waals surface area contributed by atoms with Crippen molar-refractivity contribution in [3.63, 3.8) is 0 Å². The fraction of sp³-hybridized carbons (Fsp3) is 0.611. The summed E-state index contributed by atoms with van der Waals surface area (Å²) in [5.41, 5.74) is 1.11. The van der Waals surface area contributed by atoms with Crippen LogP contribution in [0, 0.1) is 5.92 Å². The number of hydrogen-bond acceptors (Lipinski definition) is 2. The third-order valence-electron chi connectivity index (χ3n) is 4.57. The van der Waals surface area contributed by atoms with Crippen LogP contribution >= 0.6 is 11.6 Å². The van der Waals surface area contributed by atoms with Gasteiger partial charge in [-0.3, -0.25) is 9.69 Å². The SMILES string of the molecule is CC1CCN(C(C)CNC(=O)CCc2cccc(Cl)c2)CC1. The minimum absolute atomic E-state index is 0.122. The van der Waals surface area contributed by atoms with E-state index in [-0.39, 0.29) is 5.91 Å². The lowest BCUT2D eigenvalue weighted by molar-refractivity contribution is -0.121. The van der Waals surface area contributed by atoms with Gasteiger partial charge in [0, 0.05) is 24.0 Å². The zero-order valence-electron chi connectivity index (χ0n) is 13.6. The molecule has 0 aromatic heterocycles. The summed E-state index contributed by atoms with van der Waals surface area (Å²) in [6.07, 6.45) is 3.80. The highest BCUT2D eigenvalue weighted by atomic mass is 35.5. The van der Waals surface area contributed by atoms with Crippen molar-refractivity contribution in [1.29, 1.82) is 0 Å². The third kappa shape index (κ3) is 5.62. The molecule has 1 amide bonds. The van der Waals surface area contributed by atoms with Gasteiger partial charge in [-0.15, -0.1) is 0 Å². The van der Waals surface area contributed by atoms with Gasteiger partial charge < -0.3 is 5.32 Å². The molecule has 1 N–H and O–H groups in total. The van der Waals surface area contributed by atoms with E-state index in [1.165, 1.54) is 12.8 Å². The summed E-state index contributed by atoms with van der Waals surface area (Å²) in [5.74, 6) is 0.966.